The first-order chi connectivity index (χ1) is 12.4. The number of nitrogens with one attached hydrogen (secondary N) is 1. The van der Waals surface area contributed by atoms with Gasteiger partial charge in [0.05, 0.1) is 13.5 Å². The number of likely N-dealkylation sites (N-methyl/N-ethyl adjacent to an activating group) is 1. The molecule has 6 heteroatoms. The van der Waals surface area contributed by atoms with Crippen LogP contribution >= 0.6 is 11.6 Å². The lowest BCUT2D eigenvalue weighted by molar-refractivity contribution is -0.139. The highest BCUT2D eigenvalue weighted by Crippen LogP contribution is 2.17. The zero-order valence-corrected chi connectivity index (χ0v) is 15.9. The van der Waals surface area contributed by atoms with Crippen molar-refractivity contribution in [2.75, 3.05) is 14.2 Å². The Balaban J connectivity index is 2.20. The van der Waals surface area contributed by atoms with Crippen molar-refractivity contribution in [3.05, 3.63) is 64.7 Å². The fraction of sp³-hybridized carbons (Fsp3) is 0.300. The summed E-state index contributed by atoms with van der Waals surface area (Å²) in [6.07, 6.45) is 0.200. The second-order valence-electron chi connectivity index (χ2n) is 5.97. The van der Waals surface area contributed by atoms with Crippen LogP contribution in [0.1, 0.15) is 18.1 Å². The summed E-state index contributed by atoms with van der Waals surface area (Å²) in [5.74, 6) is 0.386. The van der Waals surface area contributed by atoms with Crippen molar-refractivity contribution in [1.29, 1.82) is 0 Å². The Hall–Kier alpha value is -2.53. The van der Waals surface area contributed by atoms with E-state index in [2.05, 4.69) is 5.32 Å². The molecule has 0 aliphatic rings. The quantitative estimate of drug-likeness (QED) is 0.810. The van der Waals surface area contributed by atoms with Crippen molar-refractivity contribution >= 4 is 23.4 Å². The number of carbonyl (C=O) groups is 2. The molecular formula is C20H23ClN2O3. The van der Waals surface area contributed by atoms with Crippen LogP contribution in [0.25, 0.3) is 0 Å². The molecule has 0 spiro atoms. The Morgan fingerprint density at radius 2 is 1.85 bits per heavy atom. The molecular weight excluding hydrogens is 352 g/mol. The number of carbonyl (C=O) groups excluding carboxylic acids is 2. The molecule has 0 radical (unpaired) electrons. The van der Waals surface area contributed by atoms with Crippen LogP contribution in [0.4, 0.5) is 0 Å². The fourth-order valence-electron chi connectivity index (χ4n) is 2.64. The number of hydrogen-bond donors (Lipinski definition) is 1. The maximum Gasteiger partial charge on any atom is 0.242 e. The van der Waals surface area contributed by atoms with Crippen LogP contribution in [0.15, 0.2) is 48.5 Å². The van der Waals surface area contributed by atoms with Crippen molar-refractivity contribution in [2.24, 2.45) is 0 Å². The standard InChI is InChI=1S/C20H23ClN2O3/c1-14(20(25)22-2)23(13-16-5-4-6-17(21)11-16)19(24)12-15-7-9-18(26-3)10-8-15/h4-11,14H,12-13H2,1-3H3,(H,22,25)/t14-/m1/s1. The van der Waals surface area contributed by atoms with Crippen molar-refractivity contribution < 1.29 is 14.3 Å². The highest BCUT2D eigenvalue weighted by molar-refractivity contribution is 6.30. The van der Waals surface area contributed by atoms with Gasteiger partial charge < -0.3 is 15.0 Å². The van der Waals surface area contributed by atoms with Crippen LogP contribution in [0.5, 0.6) is 5.75 Å². The van der Waals surface area contributed by atoms with E-state index in [9.17, 15) is 9.59 Å². The molecule has 2 aromatic carbocycles. The molecule has 0 aliphatic carbocycles. The van der Waals surface area contributed by atoms with Gasteiger partial charge in [-0.25, -0.2) is 0 Å². The number of halogens is 1. The van der Waals surface area contributed by atoms with Crippen molar-refractivity contribution in [3.8, 4) is 5.75 Å². The highest BCUT2D eigenvalue weighted by Gasteiger charge is 2.25. The van der Waals surface area contributed by atoms with Crippen LogP contribution in [0.3, 0.4) is 0 Å². The van der Waals surface area contributed by atoms with E-state index in [1.165, 1.54) is 0 Å². The minimum absolute atomic E-state index is 0.133. The normalized spacial score (nSPS) is 11.5. The fourth-order valence-corrected chi connectivity index (χ4v) is 2.86. The maximum absolute atomic E-state index is 12.9. The van der Waals surface area contributed by atoms with Crippen LogP contribution in [0, 0.1) is 0 Å². The number of benzene rings is 2. The zero-order valence-electron chi connectivity index (χ0n) is 15.2. The lowest BCUT2D eigenvalue weighted by Crippen LogP contribution is -2.47. The lowest BCUT2D eigenvalue weighted by atomic mass is 10.1. The highest BCUT2D eigenvalue weighted by atomic mass is 35.5. The lowest BCUT2D eigenvalue weighted by Gasteiger charge is -2.28. The van der Waals surface area contributed by atoms with Crippen molar-refractivity contribution in [2.45, 2.75) is 25.9 Å². The first kappa shape index (κ1) is 19.8. The van der Waals surface area contributed by atoms with E-state index in [1.807, 2.05) is 36.4 Å². The largest absolute Gasteiger partial charge is 0.497 e. The number of rotatable bonds is 7. The molecule has 1 atom stereocenters. The molecule has 0 heterocycles. The predicted octanol–water partition coefficient (Wildman–Crippen LogP) is 3.05. The summed E-state index contributed by atoms with van der Waals surface area (Å²) < 4.78 is 5.14. The van der Waals surface area contributed by atoms with Gasteiger partial charge in [-0.15, -0.1) is 0 Å². The van der Waals surface area contributed by atoms with E-state index < -0.39 is 6.04 Å². The second-order valence-corrected chi connectivity index (χ2v) is 6.40. The Labute approximate surface area is 158 Å². The maximum atomic E-state index is 12.9. The minimum Gasteiger partial charge on any atom is -0.497 e. The molecule has 0 saturated heterocycles. The first-order valence-corrected chi connectivity index (χ1v) is 8.71. The van der Waals surface area contributed by atoms with Gasteiger partial charge in [-0.2, -0.15) is 0 Å². The van der Waals surface area contributed by atoms with E-state index in [1.54, 1.807) is 38.1 Å². The van der Waals surface area contributed by atoms with Crippen LogP contribution in [-0.2, 0) is 22.6 Å². The van der Waals surface area contributed by atoms with Crippen molar-refractivity contribution in [1.82, 2.24) is 10.2 Å². The van der Waals surface area contributed by atoms with Gasteiger partial charge in [0.25, 0.3) is 0 Å². The van der Waals surface area contributed by atoms with Gasteiger partial charge in [-0.1, -0.05) is 35.9 Å². The Morgan fingerprint density at radius 3 is 2.42 bits per heavy atom. The van der Waals surface area contributed by atoms with Crippen LogP contribution < -0.4 is 10.1 Å². The third-order valence-electron chi connectivity index (χ3n) is 4.17. The van der Waals surface area contributed by atoms with E-state index in [0.29, 0.717) is 11.6 Å². The molecule has 2 rings (SSSR count). The van der Waals surface area contributed by atoms with E-state index in [0.717, 1.165) is 16.9 Å². The smallest absolute Gasteiger partial charge is 0.242 e. The van der Waals surface area contributed by atoms with E-state index >= 15 is 0 Å². The molecule has 0 fully saturated rings. The number of nitrogens with zero attached hydrogens (tertiary/aromatic N) is 1. The predicted molar refractivity (Wildman–Crippen MR) is 102 cm³/mol. The zero-order chi connectivity index (χ0) is 19.1. The monoisotopic (exact) mass is 374 g/mol. The summed E-state index contributed by atoms with van der Waals surface area (Å²) in [5.41, 5.74) is 1.73. The molecule has 138 valence electrons. The number of hydrogen-bond acceptors (Lipinski definition) is 3. The molecule has 26 heavy (non-hydrogen) atoms. The first-order valence-electron chi connectivity index (χ1n) is 8.33. The molecule has 2 aromatic rings. The van der Waals surface area contributed by atoms with Crippen LogP contribution in [0.2, 0.25) is 5.02 Å². The van der Waals surface area contributed by atoms with Crippen molar-refractivity contribution in [3.63, 3.8) is 0 Å². The molecule has 0 saturated carbocycles. The van der Waals surface area contributed by atoms with Gasteiger partial charge in [0, 0.05) is 18.6 Å². The van der Waals surface area contributed by atoms with Gasteiger partial charge >= 0.3 is 0 Å². The Bertz CT molecular complexity index is 762. The summed E-state index contributed by atoms with van der Waals surface area (Å²) in [6, 6.07) is 14.0. The summed E-state index contributed by atoms with van der Waals surface area (Å²) in [4.78, 5) is 26.6. The summed E-state index contributed by atoms with van der Waals surface area (Å²) in [5, 5.41) is 3.20. The summed E-state index contributed by atoms with van der Waals surface area (Å²) >= 11 is 6.04. The molecule has 0 unspecified atom stereocenters. The third kappa shape index (κ3) is 5.23. The number of methoxy groups -OCH3 is 1. The average molecular weight is 375 g/mol. The molecule has 0 bridgehead atoms. The minimum atomic E-state index is -0.593. The Morgan fingerprint density at radius 1 is 1.15 bits per heavy atom. The molecule has 1 N–H and O–H groups in total. The number of amides is 2. The average Bonchev–Trinajstić information content (AvgIpc) is 2.65. The molecule has 5 nitrogen and oxygen atoms in total. The van der Waals surface area contributed by atoms with Gasteiger partial charge in [0.15, 0.2) is 0 Å². The third-order valence-corrected chi connectivity index (χ3v) is 4.41. The molecule has 2 amide bonds. The van der Waals surface area contributed by atoms with Gasteiger partial charge in [0.2, 0.25) is 11.8 Å². The van der Waals surface area contributed by atoms with Crippen LogP contribution in [-0.4, -0.2) is 36.9 Å². The molecule has 0 aromatic heterocycles. The van der Waals surface area contributed by atoms with E-state index in [-0.39, 0.29) is 18.2 Å². The van der Waals surface area contributed by atoms with Gasteiger partial charge in [-0.3, -0.25) is 9.59 Å². The topological polar surface area (TPSA) is 58.6 Å². The SMILES string of the molecule is CNC(=O)[C@@H](C)N(Cc1cccc(Cl)c1)C(=O)Cc1ccc(OC)cc1. The number of ether oxygens (including phenoxy) is 1. The van der Waals surface area contributed by atoms with E-state index in [4.69, 9.17) is 16.3 Å². The summed E-state index contributed by atoms with van der Waals surface area (Å²) in [6.45, 7) is 2.03. The molecule has 0 aliphatic heterocycles. The second kappa shape index (κ2) is 9.25. The summed E-state index contributed by atoms with van der Waals surface area (Å²) in [7, 11) is 3.16. The van der Waals surface area contributed by atoms with Gasteiger partial charge in [0.1, 0.15) is 11.8 Å². The Kier molecular flexibility index (Phi) is 7.04. The van der Waals surface area contributed by atoms with Gasteiger partial charge in [-0.05, 0) is 42.3 Å².